The van der Waals surface area contributed by atoms with Crippen molar-refractivity contribution in [2.45, 2.75) is 75.9 Å². The number of carbonyl (C=O) groups is 2. The van der Waals surface area contributed by atoms with E-state index in [2.05, 4.69) is 5.32 Å². The SMILES string of the molecule is CC(Sc1cc(C(=O)NC2CC2)c2ccccc2n1)C(=O)N(C(C)C)C(C)C. The van der Waals surface area contributed by atoms with Crippen LogP contribution in [0.15, 0.2) is 35.4 Å². The summed E-state index contributed by atoms with van der Waals surface area (Å²) in [6, 6.07) is 10.1. The summed E-state index contributed by atoms with van der Waals surface area (Å²) in [5.74, 6) is 0.0295. The molecule has 0 saturated heterocycles. The van der Waals surface area contributed by atoms with Crippen molar-refractivity contribution in [2.24, 2.45) is 0 Å². The molecule has 1 unspecified atom stereocenters. The number of fused-ring (bicyclic) bond motifs is 1. The van der Waals surface area contributed by atoms with E-state index in [1.165, 1.54) is 11.8 Å². The Morgan fingerprint density at radius 1 is 1.11 bits per heavy atom. The second-order valence-electron chi connectivity index (χ2n) is 7.97. The molecule has 2 amide bonds. The van der Waals surface area contributed by atoms with Gasteiger partial charge < -0.3 is 10.2 Å². The van der Waals surface area contributed by atoms with E-state index in [9.17, 15) is 9.59 Å². The molecule has 0 spiro atoms. The van der Waals surface area contributed by atoms with Gasteiger partial charge in [0.05, 0.1) is 21.4 Å². The summed E-state index contributed by atoms with van der Waals surface area (Å²) >= 11 is 1.41. The zero-order valence-corrected chi connectivity index (χ0v) is 18.0. The standard InChI is InChI=1S/C22H29N3O2S/c1-13(2)25(14(3)4)22(27)15(5)28-20-12-18(21(26)23-16-10-11-16)17-8-6-7-9-19(17)24-20/h6-9,12-16H,10-11H2,1-5H3,(H,23,26). The molecule has 6 heteroatoms. The Labute approximate surface area is 171 Å². The lowest BCUT2D eigenvalue weighted by atomic mass is 10.1. The van der Waals surface area contributed by atoms with Gasteiger partial charge in [-0.2, -0.15) is 0 Å². The minimum atomic E-state index is -0.280. The van der Waals surface area contributed by atoms with Crippen LogP contribution in [0.3, 0.4) is 0 Å². The van der Waals surface area contributed by atoms with Gasteiger partial charge >= 0.3 is 0 Å². The summed E-state index contributed by atoms with van der Waals surface area (Å²) in [7, 11) is 0. The average molecular weight is 400 g/mol. The van der Waals surface area contributed by atoms with Gasteiger partial charge in [-0.1, -0.05) is 30.0 Å². The molecule has 1 aromatic heterocycles. The van der Waals surface area contributed by atoms with Crippen LogP contribution in [0.25, 0.3) is 10.9 Å². The Balaban J connectivity index is 1.88. The highest BCUT2D eigenvalue weighted by atomic mass is 32.2. The number of nitrogens with zero attached hydrogens (tertiary/aromatic N) is 2. The van der Waals surface area contributed by atoms with Crippen molar-refractivity contribution >= 4 is 34.5 Å². The Morgan fingerprint density at radius 2 is 1.75 bits per heavy atom. The molecule has 1 aromatic carbocycles. The fourth-order valence-corrected chi connectivity index (χ4v) is 4.36. The van der Waals surface area contributed by atoms with Crippen molar-refractivity contribution in [3.63, 3.8) is 0 Å². The summed E-state index contributed by atoms with van der Waals surface area (Å²) in [5.41, 5.74) is 1.40. The Kier molecular flexibility index (Phi) is 6.28. The number of benzene rings is 1. The van der Waals surface area contributed by atoms with Crippen molar-refractivity contribution in [2.75, 3.05) is 0 Å². The van der Waals surface area contributed by atoms with Gasteiger partial charge in [-0.3, -0.25) is 9.59 Å². The molecule has 28 heavy (non-hydrogen) atoms. The van der Waals surface area contributed by atoms with Gasteiger partial charge in [0.15, 0.2) is 0 Å². The number of para-hydroxylation sites is 1. The van der Waals surface area contributed by atoms with E-state index >= 15 is 0 Å². The van der Waals surface area contributed by atoms with E-state index < -0.39 is 0 Å². The van der Waals surface area contributed by atoms with Gasteiger partial charge in [0.25, 0.3) is 5.91 Å². The van der Waals surface area contributed by atoms with Crippen LogP contribution >= 0.6 is 11.8 Å². The van der Waals surface area contributed by atoms with Gasteiger partial charge in [0.2, 0.25) is 5.91 Å². The van der Waals surface area contributed by atoms with Gasteiger partial charge in [0.1, 0.15) is 0 Å². The molecule has 3 rings (SSSR count). The monoisotopic (exact) mass is 399 g/mol. The fraction of sp³-hybridized carbons (Fsp3) is 0.500. The topological polar surface area (TPSA) is 62.3 Å². The van der Waals surface area contributed by atoms with Crippen molar-refractivity contribution in [1.29, 1.82) is 0 Å². The molecule has 0 aliphatic heterocycles. The predicted octanol–water partition coefficient (Wildman–Crippen LogP) is 4.25. The largest absolute Gasteiger partial charge is 0.349 e. The summed E-state index contributed by atoms with van der Waals surface area (Å²) in [6.07, 6.45) is 2.09. The van der Waals surface area contributed by atoms with Crippen LogP contribution in [0.2, 0.25) is 0 Å². The summed E-state index contributed by atoms with van der Waals surface area (Å²) in [4.78, 5) is 32.3. The molecule has 150 valence electrons. The zero-order valence-electron chi connectivity index (χ0n) is 17.2. The third kappa shape index (κ3) is 4.66. The van der Waals surface area contributed by atoms with Crippen LogP contribution < -0.4 is 5.32 Å². The summed E-state index contributed by atoms with van der Waals surface area (Å²) in [5, 5.41) is 4.33. The smallest absolute Gasteiger partial charge is 0.252 e. The Morgan fingerprint density at radius 3 is 2.36 bits per heavy atom. The Hall–Kier alpha value is -2.08. The maximum atomic E-state index is 13.0. The van der Waals surface area contributed by atoms with Gasteiger partial charge in [0, 0.05) is 23.5 Å². The number of rotatable bonds is 7. The van der Waals surface area contributed by atoms with E-state index in [1.54, 1.807) is 0 Å². The van der Waals surface area contributed by atoms with Crippen molar-refractivity contribution < 1.29 is 9.59 Å². The van der Waals surface area contributed by atoms with Crippen molar-refractivity contribution in [3.05, 3.63) is 35.9 Å². The fourth-order valence-electron chi connectivity index (χ4n) is 3.44. The van der Waals surface area contributed by atoms with Crippen LogP contribution in [0, 0.1) is 0 Å². The molecule has 0 radical (unpaired) electrons. The van der Waals surface area contributed by atoms with E-state index in [1.807, 2.05) is 69.9 Å². The molecule has 2 aromatic rings. The number of carbonyl (C=O) groups excluding carboxylic acids is 2. The van der Waals surface area contributed by atoms with E-state index in [4.69, 9.17) is 4.98 Å². The number of nitrogens with one attached hydrogen (secondary N) is 1. The summed E-state index contributed by atoms with van der Waals surface area (Å²) < 4.78 is 0. The highest BCUT2D eigenvalue weighted by Crippen LogP contribution is 2.29. The van der Waals surface area contributed by atoms with Crippen molar-refractivity contribution in [1.82, 2.24) is 15.2 Å². The van der Waals surface area contributed by atoms with Crippen LogP contribution in [-0.2, 0) is 4.79 Å². The van der Waals surface area contributed by atoms with Gasteiger partial charge in [-0.05, 0) is 59.6 Å². The quantitative estimate of drug-likeness (QED) is 0.707. The normalized spacial score (nSPS) is 15.1. The minimum Gasteiger partial charge on any atom is -0.349 e. The molecule has 1 heterocycles. The molecule has 1 atom stereocenters. The second kappa shape index (κ2) is 8.52. The number of thioether (sulfide) groups is 1. The molecule has 5 nitrogen and oxygen atoms in total. The lowest BCUT2D eigenvalue weighted by molar-refractivity contribution is -0.133. The molecular formula is C22H29N3O2S. The molecule has 1 fully saturated rings. The van der Waals surface area contributed by atoms with E-state index in [0.29, 0.717) is 16.6 Å². The maximum Gasteiger partial charge on any atom is 0.252 e. The first-order valence-electron chi connectivity index (χ1n) is 9.97. The number of amides is 2. The third-order valence-electron chi connectivity index (χ3n) is 4.86. The van der Waals surface area contributed by atoms with E-state index in [-0.39, 0.29) is 29.1 Å². The van der Waals surface area contributed by atoms with Crippen LogP contribution in [-0.4, -0.2) is 45.1 Å². The number of aromatic nitrogens is 1. The average Bonchev–Trinajstić information content (AvgIpc) is 3.44. The molecular weight excluding hydrogens is 370 g/mol. The van der Waals surface area contributed by atoms with Crippen LogP contribution in [0.4, 0.5) is 0 Å². The molecule has 1 aliphatic carbocycles. The lowest BCUT2D eigenvalue weighted by Crippen LogP contribution is -2.45. The van der Waals surface area contributed by atoms with Crippen LogP contribution in [0.1, 0.15) is 57.8 Å². The summed E-state index contributed by atoms with van der Waals surface area (Å²) in [6.45, 7) is 10.0. The van der Waals surface area contributed by atoms with Gasteiger partial charge in [-0.15, -0.1) is 0 Å². The molecule has 1 saturated carbocycles. The highest BCUT2D eigenvalue weighted by Gasteiger charge is 2.28. The first-order valence-corrected chi connectivity index (χ1v) is 10.9. The highest BCUT2D eigenvalue weighted by molar-refractivity contribution is 8.00. The third-order valence-corrected chi connectivity index (χ3v) is 5.87. The first kappa shape index (κ1) is 20.6. The minimum absolute atomic E-state index is 0.0621. The first-order chi connectivity index (χ1) is 13.3. The zero-order chi connectivity index (χ0) is 20.4. The lowest BCUT2D eigenvalue weighted by Gasteiger charge is -2.32. The molecule has 1 N–H and O–H groups in total. The van der Waals surface area contributed by atoms with Crippen LogP contribution in [0.5, 0.6) is 0 Å². The number of hydrogen-bond acceptors (Lipinski definition) is 4. The number of hydrogen-bond donors (Lipinski definition) is 1. The maximum absolute atomic E-state index is 13.0. The van der Waals surface area contributed by atoms with Crippen molar-refractivity contribution in [3.8, 4) is 0 Å². The second-order valence-corrected chi connectivity index (χ2v) is 9.33. The van der Waals surface area contributed by atoms with E-state index in [0.717, 1.165) is 23.7 Å². The Bertz CT molecular complexity index is 869. The molecule has 0 bridgehead atoms. The van der Waals surface area contributed by atoms with Gasteiger partial charge in [-0.25, -0.2) is 4.98 Å². The number of pyridine rings is 1. The predicted molar refractivity (Wildman–Crippen MR) is 115 cm³/mol. The molecule has 1 aliphatic rings.